The molecule has 3 aromatic carbocycles. The van der Waals surface area contributed by atoms with Gasteiger partial charge in [-0.1, -0.05) is 36.4 Å². The monoisotopic (exact) mass is 438 g/mol. The molecule has 0 aromatic heterocycles. The minimum absolute atomic E-state index is 0.0583. The summed E-state index contributed by atoms with van der Waals surface area (Å²) in [5.74, 6) is 1.16. The fourth-order valence-corrected chi connectivity index (χ4v) is 4.41. The number of carbonyl (C=O) groups excluding carboxylic acids is 1. The summed E-state index contributed by atoms with van der Waals surface area (Å²) in [5.41, 5.74) is 1.86. The second-order valence-corrected chi connectivity index (χ2v) is 8.48. The van der Waals surface area contributed by atoms with Gasteiger partial charge in [0.1, 0.15) is 5.78 Å². The Hall–Kier alpha value is -3.28. The van der Waals surface area contributed by atoms with Gasteiger partial charge in [-0.25, -0.2) is 0 Å². The zero-order chi connectivity index (χ0) is 22.5. The fourth-order valence-electron chi connectivity index (χ4n) is 4.41. The Labute approximate surface area is 183 Å². The van der Waals surface area contributed by atoms with Crippen LogP contribution in [-0.2, 0) is 22.8 Å². The van der Waals surface area contributed by atoms with Crippen LogP contribution in [0.25, 0.3) is 11.1 Å². The summed E-state index contributed by atoms with van der Waals surface area (Å²) in [4.78, 5) is 13.3. The quantitative estimate of drug-likeness (QED) is 0.472. The lowest BCUT2D eigenvalue weighted by Crippen LogP contribution is -2.22. The molecule has 0 N–H and O–H groups in total. The van der Waals surface area contributed by atoms with Crippen molar-refractivity contribution in [1.29, 1.82) is 0 Å². The molecule has 0 spiro atoms. The molecule has 5 rings (SSSR count). The predicted octanol–water partition coefficient (Wildman–Crippen LogP) is 6.25. The molecule has 1 saturated carbocycles. The van der Waals surface area contributed by atoms with Gasteiger partial charge in [0.25, 0.3) is 0 Å². The molecule has 0 unspecified atom stereocenters. The van der Waals surface area contributed by atoms with Crippen molar-refractivity contribution in [2.45, 2.75) is 37.8 Å². The van der Waals surface area contributed by atoms with Crippen LogP contribution in [0.4, 0.5) is 13.2 Å². The van der Waals surface area contributed by atoms with Crippen LogP contribution in [0.3, 0.4) is 0 Å². The van der Waals surface area contributed by atoms with Crippen molar-refractivity contribution in [3.8, 4) is 22.6 Å². The van der Waals surface area contributed by atoms with Crippen molar-refractivity contribution in [3.63, 3.8) is 0 Å². The average Bonchev–Trinajstić information content (AvgIpc) is 3.44. The molecule has 32 heavy (non-hydrogen) atoms. The van der Waals surface area contributed by atoms with Crippen molar-refractivity contribution in [1.82, 2.24) is 0 Å². The van der Waals surface area contributed by atoms with Gasteiger partial charge in [0.2, 0.25) is 6.79 Å². The molecule has 1 aliphatic heterocycles. The number of hydrogen-bond acceptors (Lipinski definition) is 3. The van der Waals surface area contributed by atoms with Crippen LogP contribution in [0, 0.1) is 6.92 Å². The van der Waals surface area contributed by atoms with Crippen molar-refractivity contribution in [2.75, 3.05) is 6.79 Å². The summed E-state index contributed by atoms with van der Waals surface area (Å²) < 4.78 is 51.7. The summed E-state index contributed by atoms with van der Waals surface area (Å²) in [6.07, 6.45) is -3.20. The molecule has 1 aliphatic carbocycles. The summed E-state index contributed by atoms with van der Waals surface area (Å²) in [5, 5.41) is 0. The van der Waals surface area contributed by atoms with Gasteiger partial charge in [0.05, 0.1) is 11.0 Å². The average molecular weight is 438 g/mol. The second-order valence-electron chi connectivity index (χ2n) is 8.48. The zero-order valence-corrected chi connectivity index (χ0v) is 17.5. The predicted molar refractivity (Wildman–Crippen MR) is 114 cm³/mol. The molecule has 2 aliphatic rings. The van der Waals surface area contributed by atoms with Gasteiger partial charge in [-0.15, -0.1) is 0 Å². The van der Waals surface area contributed by atoms with E-state index in [1.54, 1.807) is 24.3 Å². The smallest absolute Gasteiger partial charge is 0.416 e. The second kappa shape index (κ2) is 7.40. The summed E-state index contributed by atoms with van der Waals surface area (Å²) in [6.45, 7) is 2.00. The normalized spacial score (nSPS) is 16.1. The number of carbonyl (C=O) groups is 1. The highest BCUT2D eigenvalue weighted by molar-refractivity contribution is 5.95. The first kappa shape index (κ1) is 20.6. The van der Waals surface area contributed by atoms with Crippen molar-refractivity contribution in [2.24, 2.45) is 0 Å². The van der Waals surface area contributed by atoms with E-state index in [0.29, 0.717) is 35.5 Å². The van der Waals surface area contributed by atoms with Gasteiger partial charge in [-0.3, -0.25) is 4.79 Å². The van der Waals surface area contributed by atoms with Gasteiger partial charge >= 0.3 is 6.18 Å². The summed E-state index contributed by atoms with van der Waals surface area (Å²) in [7, 11) is 0. The van der Waals surface area contributed by atoms with Gasteiger partial charge in [-0.05, 0) is 71.8 Å². The Morgan fingerprint density at radius 1 is 0.969 bits per heavy atom. The third-order valence-corrected chi connectivity index (χ3v) is 6.35. The Morgan fingerprint density at radius 2 is 1.72 bits per heavy atom. The number of aryl methyl sites for hydroxylation is 1. The molecule has 6 heteroatoms. The van der Waals surface area contributed by atoms with Crippen molar-refractivity contribution < 1.29 is 27.4 Å². The van der Waals surface area contributed by atoms with Gasteiger partial charge in [0, 0.05) is 6.42 Å². The highest BCUT2D eigenvalue weighted by Crippen LogP contribution is 2.51. The molecular weight excluding hydrogens is 417 g/mol. The Bertz CT molecular complexity index is 1210. The lowest BCUT2D eigenvalue weighted by atomic mass is 9.86. The van der Waals surface area contributed by atoms with Crippen LogP contribution in [0.2, 0.25) is 0 Å². The molecule has 0 saturated heterocycles. The Morgan fingerprint density at radius 3 is 2.44 bits per heavy atom. The lowest BCUT2D eigenvalue weighted by Gasteiger charge is -2.17. The molecule has 0 atom stereocenters. The number of hydrogen-bond donors (Lipinski definition) is 0. The van der Waals surface area contributed by atoms with Crippen LogP contribution < -0.4 is 9.47 Å². The van der Waals surface area contributed by atoms with Crippen LogP contribution >= 0.6 is 0 Å². The summed E-state index contributed by atoms with van der Waals surface area (Å²) in [6, 6.07) is 16.7. The van der Waals surface area contributed by atoms with Gasteiger partial charge in [-0.2, -0.15) is 13.2 Å². The first-order valence-corrected chi connectivity index (χ1v) is 10.5. The topological polar surface area (TPSA) is 35.5 Å². The molecule has 3 nitrogen and oxygen atoms in total. The summed E-state index contributed by atoms with van der Waals surface area (Å²) >= 11 is 0. The molecule has 164 valence electrons. The number of halogens is 3. The number of rotatable bonds is 5. The number of ether oxygens (including phenoxy) is 2. The van der Waals surface area contributed by atoms with E-state index < -0.39 is 17.2 Å². The van der Waals surface area contributed by atoms with E-state index >= 15 is 0 Å². The molecule has 0 bridgehead atoms. The molecule has 3 aromatic rings. The van der Waals surface area contributed by atoms with Crippen molar-refractivity contribution >= 4 is 5.78 Å². The molecular formula is C26H21F3O3. The van der Waals surface area contributed by atoms with E-state index in [-0.39, 0.29) is 19.0 Å². The third kappa shape index (κ3) is 3.64. The van der Waals surface area contributed by atoms with E-state index in [2.05, 4.69) is 0 Å². The Balaban J connectivity index is 1.49. The highest BCUT2D eigenvalue weighted by atomic mass is 19.4. The molecule has 0 radical (unpaired) electrons. The largest absolute Gasteiger partial charge is 0.454 e. The van der Waals surface area contributed by atoms with E-state index in [0.717, 1.165) is 28.8 Å². The minimum atomic E-state index is -4.49. The van der Waals surface area contributed by atoms with Crippen LogP contribution in [0.5, 0.6) is 11.5 Å². The first-order valence-electron chi connectivity index (χ1n) is 10.5. The van der Waals surface area contributed by atoms with E-state index in [1.807, 2.05) is 31.2 Å². The van der Waals surface area contributed by atoms with Crippen LogP contribution in [0.1, 0.15) is 35.1 Å². The molecule has 1 heterocycles. The fraction of sp³-hybridized carbons (Fsp3) is 0.269. The number of fused-ring (bicyclic) bond motifs is 1. The number of benzene rings is 3. The SMILES string of the molecule is Cc1ccccc1-c1cc(CC(=O)C2(c3ccc4c(c3)OCO4)CC2)cc(C(F)(F)F)c1. The van der Waals surface area contributed by atoms with Gasteiger partial charge in [0.15, 0.2) is 11.5 Å². The van der Waals surface area contributed by atoms with Crippen LogP contribution in [0.15, 0.2) is 60.7 Å². The zero-order valence-electron chi connectivity index (χ0n) is 17.5. The van der Waals surface area contributed by atoms with E-state index in [4.69, 9.17) is 9.47 Å². The molecule has 1 fully saturated rings. The lowest BCUT2D eigenvalue weighted by molar-refractivity contribution is -0.137. The maximum atomic E-state index is 13.6. The number of ketones is 1. The van der Waals surface area contributed by atoms with Gasteiger partial charge < -0.3 is 9.47 Å². The third-order valence-electron chi connectivity index (χ3n) is 6.35. The Kier molecular flexibility index (Phi) is 4.77. The minimum Gasteiger partial charge on any atom is -0.454 e. The standard InChI is InChI=1S/C26H21F3O3/c1-16-4-2-3-5-21(16)18-10-17(11-20(13-18)26(27,28)29)12-24(30)25(8-9-25)19-6-7-22-23(14-19)32-15-31-22/h2-7,10-11,13-14H,8-9,12,15H2,1H3. The molecule has 0 amide bonds. The maximum absolute atomic E-state index is 13.6. The van der Waals surface area contributed by atoms with Crippen molar-refractivity contribution in [3.05, 3.63) is 82.9 Å². The first-order chi connectivity index (χ1) is 15.3. The van der Waals surface area contributed by atoms with E-state index in [1.165, 1.54) is 0 Å². The van der Waals surface area contributed by atoms with Crippen LogP contribution in [-0.4, -0.2) is 12.6 Å². The number of alkyl halides is 3. The highest BCUT2D eigenvalue weighted by Gasteiger charge is 2.51. The number of Topliss-reactive ketones (excluding diaryl/α,β-unsaturated/α-hetero) is 1. The maximum Gasteiger partial charge on any atom is 0.416 e. The van der Waals surface area contributed by atoms with E-state index in [9.17, 15) is 18.0 Å².